The molecule has 0 aliphatic carbocycles. The fraction of sp³-hybridized carbons (Fsp3) is 0.567. The maximum Gasteiger partial charge on any atom is 0.105 e. The van der Waals surface area contributed by atoms with Crippen LogP contribution in [0.1, 0.15) is 68.2 Å². The summed E-state index contributed by atoms with van der Waals surface area (Å²) in [5.74, 6) is 2.07. The van der Waals surface area contributed by atoms with Gasteiger partial charge >= 0.3 is 0 Å². The van der Waals surface area contributed by atoms with Crippen molar-refractivity contribution in [1.29, 1.82) is 0 Å². The Balaban J connectivity index is 1.74. The Morgan fingerprint density at radius 2 is 1.19 bits per heavy atom. The molecule has 3 rings (SSSR count). The first-order valence-corrected chi connectivity index (χ1v) is 14.0. The molecule has 2 aromatic carbocycles. The molecule has 0 aromatic heterocycles. The molecule has 5 nitrogen and oxygen atoms in total. The van der Waals surface area contributed by atoms with Crippen molar-refractivity contribution in [2.45, 2.75) is 80.3 Å². The van der Waals surface area contributed by atoms with Gasteiger partial charge in [-0.25, -0.2) is 0 Å². The molecule has 1 saturated heterocycles. The fourth-order valence-corrected chi connectivity index (χ4v) is 5.53. The summed E-state index contributed by atoms with van der Waals surface area (Å²) < 4.78 is 0. The van der Waals surface area contributed by atoms with Gasteiger partial charge in [0.2, 0.25) is 0 Å². The first-order valence-electron chi connectivity index (χ1n) is 13.6. The first kappa shape index (κ1) is 28.3. The van der Waals surface area contributed by atoms with Crippen LogP contribution in [0.3, 0.4) is 0 Å². The van der Waals surface area contributed by atoms with Crippen molar-refractivity contribution in [1.82, 2.24) is 5.53 Å². The molecule has 0 bridgehead atoms. The lowest BCUT2D eigenvalue weighted by Gasteiger charge is -2.44. The lowest BCUT2D eigenvalue weighted by Crippen LogP contribution is -2.62. The zero-order chi connectivity index (χ0) is 26.4. The summed E-state index contributed by atoms with van der Waals surface area (Å²) in [5, 5.41) is 11.5. The molecule has 3 atom stereocenters. The third-order valence-electron chi connectivity index (χ3n) is 6.72. The van der Waals surface area contributed by atoms with Gasteiger partial charge in [0.15, 0.2) is 0 Å². The van der Waals surface area contributed by atoms with Crippen molar-refractivity contribution in [2.24, 2.45) is 23.7 Å². The summed E-state index contributed by atoms with van der Waals surface area (Å²) in [6, 6.07) is 18.2. The minimum absolute atomic E-state index is 0.272. The van der Waals surface area contributed by atoms with Crippen LogP contribution < -0.4 is 26.2 Å². The van der Waals surface area contributed by atoms with Crippen LogP contribution in [0.4, 0.5) is 22.7 Å². The second-order valence-corrected chi connectivity index (χ2v) is 12.1. The summed E-state index contributed by atoms with van der Waals surface area (Å²) in [7, 11) is 0. The van der Waals surface area contributed by atoms with Gasteiger partial charge in [-0.2, -0.15) is 0 Å². The van der Waals surface area contributed by atoms with Gasteiger partial charge in [-0.15, -0.1) is 5.53 Å². The maximum absolute atomic E-state index is 5.97. The van der Waals surface area contributed by atoms with Gasteiger partial charge in [0.25, 0.3) is 0 Å². The number of rotatable bonds is 11. The smallest absolute Gasteiger partial charge is 0.105 e. The monoisotopic (exact) mass is 509 g/mol. The van der Waals surface area contributed by atoms with Crippen molar-refractivity contribution >= 4 is 40.0 Å². The van der Waals surface area contributed by atoms with Crippen LogP contribution in [0.5, 0.6) is 0 Å². The van der Waals surface area contributed by atoms with Gasteiger partial charge < -0.3 is 10.6 Å². The van der Waals surface area contributed by atoms with Crippen LogP contribution in [-0.2, 0) is 0 Å². The highest BCUT2D eigenvalue weighted by Crippen LogP contribution is 2.29. The molecule has 3 N–H and O–H groups in total. The second kappa shape index (κ2) is 12.8. The Labute approximate surface area is 225 Å². The molecule has 1 aliphatic rings. The average molecular weight is 510 g/mol. The van der Waals surface area contributed by atoms with E-state index in [-0.39, 0.29) is 5.92 Å². The van der Waals surface area contributed by atoms with Crippen molar-refractivity contribution in [3.8, 4) is 0 Å². The maximum atomic E-state index is 5.97. The van der Waals surface area contributed by atoms with E-state index in [2.05, 4.69) is 130 Å². The molecule has 2 unspecified atom stereocenters. The van der Waals surface area contributed by atoms with E-state index < -0.39 is 0 Å². The van der Waals surface area contributed by atoms with Gasteiger partial charge in [-0.3, -0.25) is 10.0 Å². The number of nitrogens with one attached hydrogen (secondary N) is 3. The number of hydrogen-bond donors (Lipinski definition) is 3. The van der Waals surface area contributed by atoms with Crippen LogP contribution in [0.2, 0.25) is 0 Å². The molecule has 0 radical (unpaired) electrons. The third kappa shape index (κ3) is 7.84. The lowest BCUT2D eigenvalue weighted by atomic mass is 9.94. The van der Waals surface area contributed by atoms with E-state index in [1.807, 2.05) is 0 Å². The molecular formula is C30H47N5S. The van der Waals surface area contributed by atoms with Crippen molar-refractivity contribution in [3.05, 3.63) is 48.5 Å². The Morgan fingerprint density at radius 3 is 1.61 bits per heavy atom. The first-order chi connectivity index (χ1) is 17.0. The number of hydrogen-bond acceptors (Lipinski definition) is 5. The van der Waals surface area contributed by atoms with Gasteiger partial charge in [0.1, 0.15) is 4.99 Å². The molecule has 6 heteroatoms. The second-order valence-electron chi connectivity index (χ2n) is 11.7. The lowest BCUT2D eigenvalue weighted by molar-refractivity contribution is 0.431. The summed E-state index contributed by atoms with van der Waals surface area (Å²) in [5.41, 5.74) is 8.07. The Hall–Kier alpha value is -2.31. The third-order valence-corrected chi connectivity index (χ3v) is 7.21. The van der Waals surface area contributed by atoms with E-state index in [4.69, 9.17) is 12.2 Å². The molecule has 0 spiro atoms. The highest BCUT2D eigenvalue weighted by Gasteiger charge is 2.33. The summed E-state index contributed by atoms with van der Waals surface area (Å²) in [6.07, 6.45) is 2.30. The Kier molecular flexibility index (Phi) is 10.0. The molecular weight excluding hydrogens is 462 g/mol. The van der Waals surface area contributed by atoms with Gasteiger partial charge in [-0.1, -0.05) is 53.8 Å². The van der Waals surface area contributed by atoms with Crippen LogP contribution in [0.25, 0.3) is 0 Å². The number of benzene rings is 2. The van der Waals surface area contributed by atoms with Gasteiger partial charge in [0.05, 0.1) is 11.4 Å². The molecule has 1 heterocycles. The SMILES string of the molecule is CC(C)CC(C)Nc1ccc(N2C[C@H](C(C)C)C(=S)N(c3ccc(NC(C)CC(C)C)cc3)N2)cc1. The number of anilines is 4. The quantitative estimate of drug-likeness (QED) is 0.269. The zero-order valence-corrected chi connectivity index (χ0v) is 24.3. The van der Waals surface area contributed by atoms with Crippen LogP contribution in [0.15, 0.2) is 48.5 Å². The molecule has 0 amide bonds. The molecule has 2 aromatic rings. The predicted octanol–water partition coefficient (Wildman–Crippen LogP) is 7.73. The van der Waals surface area contributed by atoms with Crippen molar-refractivity contribution in [3.63, 3.8) is 0 Å². The van der Waals surface area contributed by atoms with Crippen molar-refractivity contribution in [2.75, 3.05) is 27.2 Å². The zero-order valence-electron chi connectivity index (χ0n) is 23.5. The van der Waals surface area contributed by atoms with E-state index in [1.54, 1.807) is 0 Å². The molecule has 198 valence electrons. The van der Waals surface area contributed by atoms with Gasteiger partial charge in [0, 0.05) is 35.9 Å². The largest absolute Gasteiger partial charge is 0.383 e. The summed E-state index contributed by atoms with van der Waals surface area (Å²) in [4.78, 5) is 0.941. The van der Waals surface area contributed by atoms with Gasteiger partial charge in [-0.05, 0) is 93.0 Å². The average Bonchev–Trinajstić information content (AvgIpc) is 2.79. The molecule has 1 aliphatic heterocycles. The summed E-state index contributed by atoms with van der Waals surface area (Å²) >= 11 is 5.97. The molecule has 0 saturated carbocycles. The standard InChI is InChI=1S/C30H47N5S/c1-20(2)17-23(7)31-25-9-13-27(14-10-25)34-19-29(22(5)6)30(36)35(33-34)28-15-11-26(12-16-28)32-24(8)18-21(3)4/h9-16,20-24,29,31-33H,17-19H2,1-8H3/t23?,24?,29-/m1/s1. The van der Waals surface area contributed by atoms with Crippen LogP contribution in [-0.4, -0.2) is 23.6 Å². The highest BCUT2D eigenvalue weighted by atomic mass is 32.1. The number of thiocarbonyl (C=S) groups is 1. The van der Waals surface area contributed by atoms with Crippen LogP contribution >= 0.6 is 12.2 Å². The number of hydrazine groups is 2. The van der Waals surface area contributed by atoms with E-state index in [0.29, 0.717) is 29.8 Å². The van der Waals surface area contributed by atoms with Crippen molar-refractivity contribution < 1.29 is 0 Å². The topological polar surface area (TPSA) is 42.6 Å². The Bertz CT molecular complexity index is 954. The van der Waals surface area contributed by atoms with E-state index in [9.17, 15) is 0 Å². The van der Waals surface area contributed by atoms with E-state index in [0.717, 1.165) is 47.1 Å². The van der Waals surface area contributed by atoms with E-state index >= 15 is 0 Å². The van der Waals surface area contributed by atoms with Crippen LogP contribution in [0, 0.1) is 23.7 Å². The normalized spacial score (nSPS) is 18.2. The molecule has 36 heavy (non-hydrogen) atoms. The predicted molar refractivity (Wildman–Crippen MR) is 162 cm³/mol. The minimum atomic E-state index is 0.272. The fourth-order valence-electron chi connectivity index (χ4n) is 5.04. The summed E-state index contributed by atoms with van der Waals surface area (Å²) in [6.45, 7) is 18.9. The Morgan fingerprint density at radius 1 is 0.750 bits per heavy atom. The van der Waals surface area contributed by atoms with E-state index in [1.165, 1.54) is 0 Å². The highest BCUT2D eigenvalue weighted by molar-refractivity contribution is 7.80. The minimum Gasteiger partial charge on any atom is -0.383 e. The number of nitrogens with zero attached hydrogens (tertiary/aromatic N) is 2. The molecule has 1 fully saturated rings.